The van der Waals surface area contributed by atoms with Gasteiger partial charge < -0.3 is 9.47 Å². The number of hydrogen-bond acceptors (Lipinski definition) is 6. The van der Waals surface area contributed by atoms with E-state index in [-0.39, 0.29) is 22.1 Å². The molecule has 0 aliphatic heterocycles. The van der Waals surface area contributed by atoms with Crippen LogP contribution in [-0.4, -0.2) is 48.6 Å². The summed E-state index contributed by atoms with van der Waals surface area (Å²) in [5.74, 6) is -5.95. The highest BCUT2D eigenvalue weighted by Crippen LogP contribution is 2.47. The molecule has 0 saturated heterocycles. The van der Waals surface area contributed by atoms with Crippen LogP contribution in [0.5, 0.6) is 5.75 Å². The first-order valence-corrected chi connectivity index (χ1v) is 14.8. The summed E-state index contributed by atoms with van der Waals surface area (Å²) in [7, 11) is -5.96. The Kier molecular flexibility index (Phi) is 9.40. The van der Waals surface area contributed by atoms with E-state index >= 15 is 0 Å². The molecule has 0 aliphatic carbocycles. The molecule has 1 N–H and O–H groups in total. The summed E-state index contributed by atoms with van der Waals surface area (Å²) < 4.78 is 124. The number of ether oxygens (including phenoxy) is 2. The fraction of sp³-hybridized carbons (Fsp3) is 0.182. The first-order valence-electron chi connectivity index (χ1n) is 9.98. The molecule has 39 heavy (non-hydrogen) atoms. The Morgan fingerprint density at radius 2 is 1.23 bits per heavy atom. The SMILES string of the molecule is O=C(Oc1c(I)cc(I)cc1I)c1cccc2c(C(=O)OC(CS(=O)(=O)O)(C(F)(F)F)C(F)(F)F)cccc12. The summed E-state index contributed by atoms with van der Waals surface area (Å²) in [6.07, 6.45) is -13.0. The van der Waals surface area contributed by atoms with Crippen LogP contribution in [0.1, 0.15) is 20.7 Å². The Hall–Kier alpha value is -1.46. The third-order valence-electron chi connectivity index (χ3n) is 5.09. The number of carbonyl (C=O) groups is 2. The molecule has 17 heteroatoms. The molecule has 0 amide bonds. The second-order valence-corrected chi connectivity index (χ2v) is 12.8. The van der Waals surface area contributed by atoms with Crippen molar-refractivity contribution in [1.82, 2.24) is 0 Å². The zero-order valence-electron chi connectivity index (χ0n) is 18.5. The zero-order chi connectivity index (χ0) is 29.6. The predicted octanol–water partition coefficient (Wildman–Crippen LogP) is 6.78. The van der Waals surface area contributed by atoms with Crippen LogP contribution in [0.4, 0.5) is 26.3 Å². The summed E-state index contributed by atoms with van der Waals surface area (Å²) in [5, 5.41) is -0.360. The standard InChI is InChI=1S/C22H11F6I3O7S/c23-21(24,25)20(22(26,27)28,9-39(34,35)36)38-19(33)14-6-2-3-11-12(14)4-1-5-13(11)18(32)37-17-15(30)7-10(29)8-16(17)31/h1-8H,9H2,(H,34,35,36). The van der Waals surface area contributed by atoms with Gasteiger partial charge in [0.2, 0.25) is 0 Å². The molecular weight excluding hydrogens is 903 g/mol. The smallest absolute Gasteiger partial charge is 0.435 e. The van der Waals surface area contributed by atoms with E-state index in [9.17, 15) is 44.3 Å². The highest BCUT2D eigenvalue weighted by atomic mass is 127. The van der Waals surface area contributed by atoms with Crippen LogP contribution < -0.4 is 4.74 Å². The Morgan fingerprint density at radius 3 is 1.64 bits per heavy atom. The van der Waals surface area contributed by atoms with Gasteiger partial charge in [-0.1, -0.05) is 24.3 Å². The lowest BCUT2D eigenvalue weighted by Crippen LogP contribution is -2.63. The van der Waals surface area contributed by atoms with Crippen LogP contribution in [0.3, 0.4) is 0 Å². The fourth-order valence-corrected chi connectivity index (χ4v) is 8.08. The van der Waals surface area contributed by atoms with Crippen molar-refractivity contribution in [2.24, 2.45) is 0 Å². The number of halogens is 9. The lowest BCUT2D eigenvalue weighted by atomic mass is 9.99. The third-order valence-corrected chi connectivity index (χ3v) is 8.08. The van der Waals surface area contributed by atoms with Crippen LogP contribution in [-0.2, 0) is 14.9 Å². The molecule has 7 nitrogen and oxygen atoms in total. The Morgan fingerprint density at radius 1 is 0.795 bits per heavy atom. The number of benzene rings is 3. The molecule has 0 spiro atoms. The van der Waals surface area contributed by atoms with Gasteiger partial charge >= 0.3 is 29.9 Å². The maximum atomic E-state index is 13.6. The van der Waals surface area contributed by atoms with Crippen LogP contribution in [0, 0.1) is 10.7 Å². The van der Waals surface area contributed by atoms with Crippen LogP contribution in [0.25, 0.3) is 10.8 Å². The minimum Gasteiger partial charge on any atom is -0.435 e. The largest absolute Gasteiger partial charge is 0.438 e. The molecule has 0 aliphatic rings. The molecule has 0 radical (unpaired) electrons. The van der Waals surface area contributed by atoms with Crippen molar-refractivity contribution in [3.63, 3.8) is 0 Å². The Labute approximate surface area is 256 Å². The molecule has 0 atom stereocenters. The van der Waals surface area contributed by atoms with Gasteiger partial charge in [0.25, 0.3) is 10.1 Å². The zero-order valence-corrected chi connectivity index (χ0v) is 25.8. The van der Waals surface area contributed by atoms with Crippen molar-refractivity contribution in [3.05, 3.63) is 70.4 Å². The van der Waals surface area contributed by atoms with Crippen LogP contribution in [0.2, 0.25) is 0 Å². The molecule has 0 fully saturated rings. The topological polar surface area (TPSA) is 107 Å². The summed E-state index contributed by atoms with van der Waals surface area (Å²) in [5.41, 5.74) is -6.60. The summed E-state index contributed by atoms with van der Waals surface area (Å²) in [6, 6.07) is 10.2. The quantitative estimate of drug-likeness (QED) is 0.0957. The van der Waals surface area contributed by atoms with E-state index < -0.39 is 51.3 Å². The minimum atomic E-state index is -6.49. The first kappa shape index (κ1) is 32.1. The summed E-state index contributed by atoms with van der Waals surface area (Å²) in [6.45, 7) is 0. The lowest BCUT2D eigenvalue weighted by molar-refractivity contribution is -0.356. The molecule has 0 bridgehead atoms. The van der Waals surface area contributed by atoms with Crippen molar-refractivity contribution < 1.29 is 58.4 Å². The van der Waals surface area contributed by atoms with E-state index in [1.54, 1.807) is 12.1 Å². The number of esters is 2. The number of hydrogen-bond donors (Lipinski definition) is 1. The van der Waals surface area contributed by atoms with Gasteiger partial charge in [-0.05, 0) is 103 Å². The average Bonchev–Trinajstić information content (AvgIpc) is 2.77. The second kappa shape index (κ2) is 11.4. The van der Waals surface area contributed by atoms with Gasteiger partial charge in [0.1, 0.15) is 5.75 Å². The van der Waals surface area contributed by atoms with Crippen molar-refractivity contribution >= 4 is 101 Å². The minimum absolute atomic E-state index is 0.0770. The fourth-order valence-electron chi connectivity index (χ4n) is 3.38. The maximum absolute atomic E-state index is 13.6. The third kappa shape index (κ3) is 6.89. The number of alkyl halides is 6. The van der Waals surface area contributed by atoms with Crippen molar-refractivity contribution in [1.29, 1.82) is 0 Å². The number of fused-ring (bicyclic) bond motifs is 1. The van der Waals surface area contributed by atoms with E-state index in [0.29, 0.717) is 7.14 Å². The number of rotatable bonds is 6. The van der Waals surface area contributed by atoms with E-state index in [1.807, 2.05) is 45.2 Å². The highest BCUT2D eigenvalue weighted by molar-refractivity contribution is 14.1. The molecular formula is C22H11F6I3O7S. The van der Waals surface area contributed by atoms with Gasteiger partial charge in [0.05, 0.1) is 18.3 Å². The lowest BCUT2D eigenvalue weighted by Gasteiger charge is -2.35. The second-order valence-electron chi connectivity index (χ2n) is 7.73. The van der Waals surface area contributed by atoms with E-state index in [4.69, 9.17) is 9.29 Å². The summed E-state index contributed by atoms with van der Waals surface area (Å²) >= 11 is 5.93. The molecule has 3 rings (SSSR count). The van der Waals surface area contributed by atoms with E-state index in [2.05, 4.69) is 27.3 Å². The molecule has 0 unspecified atom stereocenters. The van der Waals surface area contributed by atoms with Crippen LogP contribution >= 0.6 is 67.8 Å². The van der Waals surface area contributed by atoms with Crippen molar-refractivity contribution in [2.75, 3.05) is 5.75 Å². The summed E-state index contributed by atoms with van der Waals surface area (Å²) in [4.78, 5) is 25.7. The Balaban J connectivity index is 2.10. The normalized spacial score (nSPS) is 12.9. The van der Waals surface area contributed by atoms with E-state index in [1.165, 1.54) is 18.2 Å². The Bertz CT molecular complexity index is 1540. The van der Waals surface area contributed by atoms with Gasteiger partial charge in [0, 0.05) is 3.57 Å². The monoisotopic (exact) mass is 914 g/mol. The molecule has 0 saturated carbocycles. The number of carbonyl (C=O) groups excluding carboxylic acids is 2. The molecule has 3 aromatic rings. The van der Waals surface area contributed by atoms with Crippen molar-refractivity contribution in [3.8, 4) is 5.75 Å². The van der Waals surface area contributed by atoms with Gasteiger partial charge in [-0.25, -0.2) is 9.59 Å². The molecule has 210 valence electrons. The van der Waals surface area contributed by atoms with Crippen molar-refractivity contribution in [2.45, 2.75) is 18.0 Å². The van der Waals surface area contributed by atoms with Gasteiger partial charge in [-0.3, -0.25) is 4.55 Å². The van der Waals surface area contributed by atoms with Crippen LogP contribution in [0.15, 0.2) is 48.5 Å². The van der Waals surface area contributed by atoms with Gasteiger partial charge in [-0.15, -0.1) is 0 Å². The predicted molar refractivity (Wildman–Crippen MR) is 150 cm³/mol. The highest BCUT2D eigenvalue weighted by Gasteiger charge is 2.76. The average molecular weight is 914 g/mol. The first-order chi connectivity index (χ1) is 17.8. The van der Waals surface area contributed by atoms with Gasteiger partial charge in [0.15, 0.2) is 5.75 Å². The maximum Gasteiger partial charge on any atom is 0.438 e. The molecule has 0 aromatic heterocycles. The molecule has 0 heterocycles. The molecule has 3 aromatic carbocycles. The van der Waals surface area contributed by atoms with E-state index in [0.717, 1.165) is 21.8 Å². The van der Waals surface area contributed by atoms with Gasteiger partial charge in [-0.2, -0.15) is 34.8 Å².